The Labute approximate surface area is 113 Å². The number of nitrogens with one attached hydrogen (secondary N) is 1. The lowest BCUT2D eigenvalue weighted by Gasteiger charge is -2.24. The maximum atomic E-state index is 6.11. The molecule has 1 fully saturated rings. The lowest BCUT2D eigenvalue weighted by atomic mass is 10.0. The molecule has 1 aromatic rings. The van der Waals surface area contributed by atoms with Crippen LogP contribution in [0, 0.1) is 12.8 Å². The van der Waals surface area contributed by atoms with E-state index in [9.17, 15) is 0 Å². The summed E-state index contributed by atoms with van der Waals surface area (Å²) in [4.78, 5) is 0. The van der Waals surface area contributed by atoms with E-state index in [0.717, 1.165) is 35.8 Å². The van der Waals surface area contributed by atoms with Gasteiger partial charge in [0.2, 0.25) is 0 Å². The second-order valence-corrected chi connectivity index (χ2v) is 5.13. The standard InChI is InChI=1S/C14H20ClNO2/c1-10-12(15)4-3-5-13(10)18-14(9-17-2)11-6-7-16-8-11/h3-5,11,14,16H,6-9H2,1-2H3/t11?,14-/m1/s1. The topological polar surface area (TPSA) is 30.5 Å². The maximum Gasteiger partial charge on any atom is 0.126 e. The highest BCUT2D eigenvalue weighted by atomic mass is 35.5. The minimum absolute atomic E-state index is 0.0853. The van der Waals surface area contributed by atoms with Gasteiger partial charge in [-0.25, -0.2) is 0 Å². The number of hydrogen-bond donors (Lipinski definition) is 1. The molecular weight excluding hydrogens is 250 g/mol. The molecule has 1 aliphatic heterocycles. The molecule has 100 valence electrons. The Bertz CT molecular complexity index is 391. The molecule has 2 rings (SSSR count). The summed E-state index contributed by atoms with van der Waals surface area (Å²) in [6.07, 6.45) is 1.22. The first-order valence-electron chi connectivity index (χ1n) is 6.33. The highest BCUT2D eigenvalue weighted by Gasteiger charge is 2.27. The van der Waals surface area contributed by atoms with Crippen LogP contribution in [0.4, 0.5) is 0 Å². The number of methoxy groups -OCH3 is 1. The number of rotatable bonds is 5. The van der Waals surface area contributed by atoms with Gasteiger partial charge in [0.05, 0.1) is 6.61 Å². The number of halogens is 1. The third-order valence-electron chi connectivity index (χ3n) is 3.45. The first kappa shape index (κ1) is 13.7. The predicted octanol–water partition coefficient (Wildman–Crippen LogP) is 2.65. The molecule has 4 heteroatoms. The molecule has 0 bridgehead atoms. The monoisotopic (exact) mass is 269 g/mol. The van der Waals surface area contributed by atoms with Crippen LogP contribution in [-0.2, 0) is 4.74 Å². The van der Waals surface area contributed by atoms with Gasteiger partial charge in [0.25, 0.3) is 0 Å². The number of ether oxygens (including phenoxy) is 2. The zero-order valence-corrected chi connectivity index (χ0v) is 11.7. The quantitative estimate of drug-likeness (QED) is 0.891. The second-order valence-electron chi connectivity index (χ2n) is 4.73. The number of hydrogen-bond acceptors (Lipinski definition) is 3. The highest BCUT2D eigenvalue weighted by molar-refractivity contribution is 6.31. The summed E-state index contributed by atoms with van der Waals surface area (Å²) < 4.78 is 11.4. The average molecular weight is 270 g/mol. The summed E-state index contributed by atoms with van der Waals surface area (Å²) >= 11 is 6.11. The maximum absolute atomic E-state index is 6.11. The Morgan fingerprint density at radius 2 is 2.33 bits per heavy atom. The molecule has 3 nitrogen and oxygen atoms in total. The number of benzene rings is 1. The van der Waals surface area contributed by atoms with E-state index < -0.39 is 0 Å². The SMILES string of the molecule is COC[C@@H](Oc1cccc(Cl)c1C)C1CCNC1. The van der Waals surface area contributed by atoms with Gasteiger partial charge < -0.3 is 14.8 Å². The van der Waals surface area contributed by atoms with Gasteiger partial charge in [-0.15, -0.1) is 0 Å². The summed E-state index contributed by atoms with van der Waals surface area (Å²) in [5, 5.41) is 4.11. The van der Waals surface area contributed by atoms with Gasteiger partial charge in [0.15, 0.2) is 0 Å². The Kier molecular flexibility index (Phi) is 4.87. The molecule has 2 atom stereocenters. The van der Waals surface area contributed by atoms with E-state index in [2.05, 4.69) is 5.32 Å². The van der Waals surface area contributed by atoms with Gasteiger partial charge in [0, 0.05) is 30.2 Å². The fourth-order valence-corrected chi connectivity index (χ4v) is 2.47. The summed E-state index contributed by atoms with van der Waals surface area (Å²) in [5.41, 5.74) is 0.992. The van der Waals surface area contributed by atoms with E-state index in [4.69, 9.17) is 21.1 Å². The second kappa shape index (κ2) is 6.41. The van der Waals surface area contributed by atoms with E-state index in [1.54, 1.807) is 7.11 Å². The largest absolute Gasteiger partial charge is 0.487 e. The molecule has 0 radical (unpaired) electrons. The van der Waals surface area contributed by atoms with Gasteiger partial charge in [-0.1, -0.05) is 17.7 Å². The smallest absolute Gasteiger partial charge is 0.126 e. The van der Waals surface area contributed by atoms with Crippen LogP contribution in [0.25, 0.3) is 0 Å². The highest BCUT2D eigenvalue weighted by Crippen LogP contribution is 2.28. The van der Waals surface area contributed by atoms with E-state index in [1.165, 1.54) is 0 Å². The predicted molar refractivity (Wildman–Crippen MR) is 73.5 cm³/mol. The molecule has 0 aliphatic carbocycles. The summed E-state index contributed by atoms with van der Waals surface area (Å²) in [6, 6.07) is 5.76. The minimum atomic E-state index is 0.0853. The van der Waals surface area contributed by atoms with Crippen LogP contribution in [0.15, 0.2) is 18.2 Å². The Balaban J connectivity index is 2.10. The fourth-order valence-electron chi connectivity index (χ4n) is 2.30. The van der Waals surface area contributed by atoms with Gasteiger partial charge >= 0.3 is 0 Å². The normalized spacial score (nSPS) is 20.9. The summed E-state index contributed by atoms with van der Waals surface area (Å²) in [6.45, 7) is 4.64. The van der Waals surface area contributed by atoms with Crippen molar-refractivity contribution >= 4 is 11.6 Å². The first-order chi connectivity index (χ1) is 8.72. The Hall–Kier alpha value is -0.770. The van der Waals surface area contributed by atoms with Crippen LogP contribution < -0.4 is 10.1 Å². The van der Waals surface area contributed by atoms with Crippen LogP contribution in [-0.4, -0.2) is 32.9 Å². The van der Waals surface area contributed by atoms with Crippen molar-refractivity contribution in [3.8, 4) is 5.75 Å². The van der Waals surface area contributed by atoms with E-state index in [1.807, 2.05) is 25.1 Å². The van der Waals surface area contributed by atoms with Crippen molar-refractivity contribution in [1.29, 1.82) is 0 Å². The third-order valence-corrected chi connectivity index (χ3v) is 3.86. The molecule has 1 unspecified atom stereocenters. The summed E-state index contributed by atoms with van der Waals surface area (Å²) in [5.74, 6) is 1.36. The third kappa shape index (κ3) is 3.16. The lowest BCUT2D eigenvalue weighted by Crippen LogP contribution is -2.33. The van der Waals surface area contributed by atoms with Crippen LogP contribution in [0.5, 0.6) is 5.75 Å². The van der Waals surface area contributed by atoms with Crippen LogP contribution in [0.1, 0.15) is 12.0 Å². The molecule has 1 aliphatic rings. The van der Waals surface area contributed by atoms with Crippen LogP contribution in [0.3, 0.4) is 0 Å². The molecular formula is C14H20ClNO2. The molecule has 18 heavy (non-hydrogen) atoms. The van der Waals surface area contributed by atoms with Crippen molar-refractivity contribution in [2.24, 2.45) is 5.92 Å². The van der Waals surface area contributed by atoms with Crippen molar-refractivity contribution in [1.82, 2.24) is 5.32 Å². The van der Waals surface area contributed by atoms with Crippen molar-refractivity contribution < 1.29 is 9.47 Å². The molecule has 1 saturated heterocycles. The van der Waals surface area contributed by atoms with Gasteiger partial charge in [-0.2, -0.15) is 0 Å². The molecule has 0 amide bonds. The lowest BCUT2D eigenvalue weighted by molar-refractivity contribution is 0.0478. The Morgan fingerprint density at radius 1 is 1.50 bits per heavy atom. The van der Waals surface area contributed by atoms with Gasteiger partial charge in [-0.3, -0.25) is 0 Å². The molecule has 0 spiro atoms. The average Bonchev–Trinajstić information content (AvgIpc) is 2.88. The Morgan fingerprint density at radius 3 is 3.00 bits per heavy atom. The van der Waals surface area contributed by atoms with E-state index >= 15 is 0 Å². The molecule has 0 aromatic heterocycles. The molecule has 1 aromatic carbocycles. The summed E-state index contributed by atoms with van der Waals surface area (Å²) in [7, 11) is 1.71. The zero-order valence-electron chi connectivity index (χ0n) is 10.9. The van der Waals surface area contributed by atoms with E-state index in [-0.39, 0.29) is 6.10 Å². The minimum Gasteiger partial charge on any atom is -0.487 e. The van der Waals surface area contributed by atoms with Crippen molar-refractivity contribution in [2.75, 3.05) is 26.8 Å². The van der Waals surface area contributed by atoms with Crippen molar-refractivity contribution in [3.63, 3.8) is 0 Å². The molecule has 1 N–H and O–H groups in total. The van der Waals surface area contributed by atoms with Gasteiger partial charge in [0.1, 0.15) is 11.9 Å². The van der Waals surface area contributed by atoms with Crippen LogP contribution >= 0.6 is 11.6 Å². The zero-order chi connectivity index (χ0) is 13.0. The van der Waals surface area contributed by atoms with Gasteiger partial charge in [-0.05, 0) is 32.0 Å². The van der Waals surface area contributed by atoms with Crippen LogP contribution in [0.2, 0.25) is 5.02 Å². The molecule has 1 heterocycles. The van der Waals surface area contributed by atoms with E-state index in [0.29, 0.717) is 12.5 Å². The fraction of sp³-hybridized carbons (Fsp3) is 0.571. The first-order valence-corrected chi connectivity index (χ1v) is 6.71. The van der Waals surface area contributed by atoms with Crippen molar-refractivity contribution in [3.05, 3.63) is 28.8 Å². The van der Waals surface area contributed by atoms with Crippen molar-refractivity contribution in [2.45, 2.75) is 19.4 Å². The molecule has 0 saturated carbocycles.